The third-order valence-corrected chi connectivity index (χ3v) is 4.91. The van der Waals surface area contributed by atoms with Crippen LogP contribution in [0.4, 0.5) is 11.4 Å². The Morgan fingerprint density at radius 2 is 2.00 bits per heavy atom. The molecule has 0 aliphatic carbocycles. The molecule has 0 saturated carbocycles. The molecule has 0 bridgehead atoms. The second-order valence-corrected chi connectivity index (χ2v) is 8.73. The van der Waals surface area contributed by atoms with Crippen molar-refractivity contribution < 1.29 is 29.2 Å². The summed E-state index contributed by atoms with van der Waals surface area (Å²) in [5.41, 5.74) is 0.102. The fourth-order valence-corrected chi connectivity index (χ4v) is 3.37. The van der Waals surface area contributed by atoms with Crippen LogP contribution in [0, 0.1) is 4.91 Å². The minimum Gasteiger partial charge on any atom is -0.481 e. The van der Waals surface area contributed by atoms with Crippen LogP contribution in [0.1, 0.15) is 33.6 Å². The highest BCUT2D eigenvalue weighted by Gasteiger charge is 2.28. The van der Waals surface area contributed by atoms with Crippen LogP contribution in [0.3, 0.4) is 0 Å². The van der Waals surface area contributed by atoms with Gasteiger partial charge in [-0.1, -0.05) is 6.07 Å². The summed E-state index contributed by atoms with van der Waals surface area (Å²) in [7, 11) is 0. The largest absolute Gasteiger partial charge is 0.481 e. The number of carbonyl (C=O) groups excluding carboxylic acids is 1. The summed E-state index contributed by atoms with van der Waals surface area (Å²) in [5, 5.41) is 27.9. The highest BCUT2D eigenvalue weighted by atomic mass is 16.6. The number of benzene rings is 1. The Balaban J connectivity index is 1.78. The van der Waals surface area contributed by atoms with Gasteiger partial charge in [0.05, 0.1) is 31.1 Å². The highest BCUT2D eigenvalue weighted by molar-refractivity contribution is 5.79. The number of carbonyl (C=O) groups is 1. The van der Waals surface area contributed by atoms with E-state index in [0.29, 0.717) is 44.8 Å². The van der Waals surface area contributed by atoms with Crippen LogP contribution in [0.25, 0.3) is 0 Å². The Kier molecular flexibility index (Phi) is 10.9. The fraction of sp³-hybridized carbons (Fsp3) is 0.682. The smallest absolute Gasteiger partial charge is 0.258 e. The van der Waals surface area contributed by atoms with E-state index in [-0.39, 0.29) is 43.2 Å². The monoisotopic (exact) mass is 468 g/mol. The zero-order chi connectivity index (χ0) is 24.3. The van der Waals surface area contributed by atoms with Crippen molar-refractivity contribution in [1.82, 2.24) is 10.2 Å². The van der Waals surface area contributed by atoms with Crippen molar-refractivity contribution in [3.8, 4) is 5.75 Å². The van der Waals surface area contributed by atoms with Gasteiger partial charge < -0.3 is 35.1 Å². The number of hydrogen-bond acceptors (Lipinski definition) is 10. The molecule has 1 heterocycles. The van der Waals surface area contributed by atoms with Crippen molar-refractivity contribution in [1.29, 1.82) is 0 Å². The molecule has 11 heteroatoms. The number of likely N-dealkylation sites (tertiary alicyclic amines) is 1. The molecule has 1 aromatic carbocycles. The van der Waals surface area contributed by atoms with Crippen LogP contribution in [0.5, 0.6) is 5.75 Å². The number of hydrogen-bond donors (Lipinski definition) is 4. The molecule has 1 unspecified atom stereocenters. The lowest BCUT2D eigenvalue weighted by Gasteiger charge is -2.37. The van der Waals surface area contributed by atoms with Crippen LogP contribution in [0.15, 0.2) is 23.4 Å². The normalized spacial score (nSPS) is 16.3. The molecule has 186 valence electrons. The third kappa shape index (κ3) is 9.60. The van der Waals surface area contributed by atoms with Gasteiger partial charge in [-0.2, -0.15) is 0 Å². The summed E-state index contributed by atoms with van der Waals surface area (Å²) in [4.78, 5) is 25.5. The summed E-state index contributed by atoms with van der Waals surface area (Å²) in [5.74, 6) is -0.0914. The van der Waals surface area contributed by atoms with E-state index in [1.807, 2.05) is 25.7 Å². The summed E-state index contributed by atoms with van der Waals surface area (Å²) in [6, 6.07) is 4.92. The van der Waals surface area contributed by atoms with Crippen LogP contribution < -0.4 is 15.4 Å². The number of aliphatic hydroxyl groups excluding tert-OH is 2. The predicted molar refractivity (Wildman–Crippen MR) is 123 cm³/mol. The number of rotatable bonds is 13. The molecule has 1 saturated heterocycles. The zero-order valence-corrected chi connectivity index (χ0v) is 19.6. The van der Waals surface area contributed by atoms with Gasteiger partial charge in [-0.3, -0.25) is 9.69 Å². The molecule has 0 aromatic heterocycles. The number of nitroso groups, excluding NO2 is 1. The van der Waals surface area contributed by atoms with E-state index in [4.69, 9.17) is 19.3 Å². The second-order valence-electron chi connectivity index (χ2n) is 8.73. The van der Waals surface area contributed by atoms with Crippen LogP contribution in [-0.4, -0.2) is 85.1 Å². The Morgan fingerprint density at radius 1 is 1.27 bits per heavy atom. The van der Waals surface area contributed by atoms with Gasteiger partial charge in [-0.05, 0) is 50.9 Å². The van der Waals surface area contributed by atoms with E-state index in [1.54, 1.807) is 18.2 Å². The highest BCUT2D eigenvalue weighted by Crippen LogP contribution is 2.35. The minimum atomic E-state index is -0.971. The van der Waals surface area contributed by atoms with Crippen LogP contribution in [0.2, 0.25) is 0 Å². The molecule has 4 N–H and O–H groups in total. The average Bonchev–Trinajstić information content (AvgIpc) is 2.77. The summed E-state index contributed by atoms with van der Waals surface area (Å²) < 4.78 is 16.3. The van der Waals surface area contributed by atoms with Crippen LogP contribution >= 0.6 is 0 Å². The number of nitrogens with zero attached hydrogens (tertiary/aromatic N) is 2. The van der Waals surface area contributed by atoms with Crippen molar-refractivity contribution in [3.63, 3.8) is 0 Å². The minimum absolute atomic E-state index is 0.0326. The lowest BCUT2D eigenvalue weighted by Crippen LogP contribution is -2.50. The number of ether oxygens (including phenoxy) is 3. The SMILES string of the molecule is CC(C)(C)OC(O)N1CCC(NC(=O)COc2cccc(NCCOCCO)c2N=O)CC1. The van der Waals surface area contributed by atoms with Gasteiger partial charge in [0.15, 0.2) is 18.0 Å². The first-order valence-corrected chi connectivity index (χ1v) is 11.1. The predicted octanol–water partition coefficient (Wildman–Crippen LogP) is 1.56. The quantitative estimate of drug-likeness (QED) is 0.193. The van der Waals surface area contributed by atoms with E-state index in [9.17, 15) is 14.8 Å². The first kappa shape index (κ1) is 26.9. The number of nitrogens with one attached hydrogen (secondary N) is 2. The second kappa shape index (κ2) is 13.4. The van der Waals surface area contributed by atoms with Gasteiger partial charge in [0, 0.05) is 25.7 Å². The van der Waals surface area contributed by atoms with Gasteiger partial charge in [0.1, 0.15) is 0 Å². The average molecular weight is 469 g/mol. The molecule has 0 spiro atoms. The molecule has 1 atom stereocenters. The molecule has 1 aromatic rings. The molecule has 1 aliphatic heterocycles. The number of amides is 1. The van der Waals surface area contributed by atoms with Gasteiger partial charge in [0.2, 0.25) is 6.41 Å². The van der Waals surface area contributed by atoms with E-state index in [2.05, 4.69) is 15.8 Å². The van der Waals surface area contributed by atoms with E-state index < -0.39 is 12.0 Å². The van der Waals surface area contributed by atoms with E-state index in [1.165, 1.54) is 0 Å². The number of piperidine rings is 1. The van der Waals surface area contributed by atoms with E-state index in [0.717, 1.165) is 0 Å². The lowest BCUT2D eigenvalue weighted by atomic mass is 10.1. The molecule has 1 aliphatic rings. The van der Waals surface area contributed by atoms with Crippen molar-refractivity contribution >= 4 is 17.3 Å². The molecule has 1 amide bonds. The Labute approximate surface area is 194 Å². The molecule has 1 fully saturated rings. The summed E-state index contributed by atoms with van der Waals surface area (Å²) in [6.45, 7) is 7.54. The summed E-state index contributed by atoms with van der Waals surface area (Å²) >= 11 is 0. The maximum Gasteiger partial charge on any atom is 0.258 e. The maximum absolute atomic E-state index is 12.4. The maximum atomic E-state index is 12.4. The third-order valence-electron chi connectivity index (χ3n) is 4.91. The topological polar surface area (TPSA) is 142 Å². The first-order valence-electron chi connectivity index (χ1n) is 11.1. The van der Waals surface area contributed by atoms with Gasteiger partial charge in [-0.25, -0.2) is 0 Å². The molecule has 33 heavy (non-hydrogen) atoms. The number of aliphatic hydroxyl groups is 2. The lowest BCUT2D eigenvalue weighted by molar-refractivity contribution is -0.242. The van der Waals surface area contributed by atoms with E-state index >= 15 is 0 Å². The standard InChI is InChI=1S/C22H36N4O7/c1-22(2,3)33-21(29)26-10-7-16(8-11-26)24-19(28)15-32-18-6-4-5-17(20(18)25-30)23-9-13-31-14-12-27/h4-6,16,21,23,27,29H,7-15H2,1-3H3,(H,24,28). The molecular formula is C22H36N4O7. The molecule has 2 rings (SSSR count). The summed E-state index contributed by atoms with van der Waals surface area (Å²) in [6.07, 6.45) is 0.381. The Hall–Kier alpha value is -2.31. The van der Waals surface area contributed by atoms with Crippen molar-refractivity contribution in [3.05, 3.63) is 23.1 Å². The van der Waals surface area contributed by atoms with Gasteiger partial charge >= 0.3 is 0 Å². The molecule has 11 nitrogen and oxygen atoms in total. The fourth-order valence-electron chi connectivity index (χ4n) is 3.37. The van der Waals surface area contributed by atoms with Crippen molar-refractivity contribution in [2.24, 2.45) is 5.18 Å². The van der Waals surface area contributed by atoms with Crippen molar-refractivity contribution in [2.45, 2.75) is 51.7 Å². The van der Waals surface area contributed by atoms with Gasteiger partial charge in [-0.15, -0.1) is 4.91 Å². The van der Waals surface area contributed by atoms with Gasteiger partial charge in [0.25, 0.3) is 5.91 Å². The molecular weight excluding hydrogens is 432 g/mol. The van der Waals surface area contributed by atoms with Crippen LogP contribution in [-0.2, 0) is 14.3 Å². The zero-order valence-electron chi connectivity index (χ0n) is 19.6. The number of anilines is 1. The Bertz CT molecular complexity index is 749. The van der Waals surface area contributed by atoms with Crippen molar-refractivity contribution in [2.75, 3.05) is 51.4 Å². The Morgan fingerprint density at radius 3 is 2.64 bits per heavy atom. The molecule has 0 radical (unpaired) electrons. The first-order chi connectivity index (χ1) is 15.7.